The highest BCUT2D eigenvalue weighted by Crippen LogP contribution is 2.32. The van der Waals surface area contributed by atoms with Gasteiger partial charge in [0, 0.05) is 24.3 Å². The van der Waals surface area contributed by atoms with Crippen molar-refractivity contribution in [1.82, 2.24) is 10.6 Å². The Morgan fingerprint density at radius 1 is 0.912 bits per heavy atom. The van der Waals surface area contributed by atoms with Crippen molar-refractivity contribution in [3.8, 4) is 11.1 Å². The van der Waals surface area contributed by atoms with Gasteiger partial charge in [-0.05, 0) is 72.4 Å². The lowest BCUT2D eigenvalue weighted by molar-refractivity contribution is -0.137. The summed E-state index contributed by atoms with van der Waals surface area (Å²) in [5, 5.41) is 8.35. The van der Waals surface area contributed by atoms with E-state index >= 15 is 0 Å². The minimum Gasteiger partial charge on any atom is -0.341 e. The normalized spacial score (nSPS) is 14.9. The van der Waals surface area contributed by atoms with Crippen LogP contribution >= 0.6 is 0 Å². The molecule has 3 aromatic carbocycles. The van der Waals surface area contributed by atoms with Crippen molar-refractivity contribution < 1.29 is 22.8 Å². The number of fused-ring (bicyclic) bond motifs is 1. The van der Waals surface area contributed by atoms with Crippen LogP contribution in [-0.4, -0.2) is 25.0 Å². The second-order valence-electron chi connectivity index (χ2n) is 8.39. The molecule has 4 rings (SSSR count). The Balaban J connectivity index is 1.55. The standard InChI is InChI=1S/C26H24F3N3O2/c1-15-3-10-22(16-4-7-19(8-5-16)26(27,28)29)23(11-15)24(33)31-20-9-6-17-12-21(14-18(17)13-20)32-25(34)30-2/h3-11,13,21H,12,14H2,1-2H3,(H,31,33)(H2,30,32,34). The maximum absolute atomic E-state index is 13.2. The number of hydrogen-bond donors (Lipinski definition) is 3. The van der Waals surface area contributed by atoms with E-state index in [-0.39, 0.29) is 18.0 Å². The van der Waals surface area contributed by atoms with Gasteiger partial charge in [0.05, 0.1) is 5.56 Å². The molecule has 1 aliphatic carbocycles. The third-order valence-electron chi connectivity index (χ3n) is 5.90. The maximum Gasteiger partial charge on any atom is 0.416 e. The number of anilines is 1. The molecule has 3 amide bonds. The Labute approximate surface area is 195 Å². The number of amides is 3. The molecule has 0 saturated heterocycles. The predicted molar refractivity (Wildman–Crippen MR) is 125 cm³/mol. The van der Waals surface area contributed by atoms with E-state index < -0.39 is 11.7 Å². The molecule has 5 nitrogen and oxygen atoms in total. The predicted octanol–water partition coefficient (Wildman–Crippen LogP) is 5.33. The van der Waals surface area contributed by atoms with Crippen LogP contribution in [0.4, 0.5) is 23.7 Å². The molecule has 0 radical (unpaired) electrons. The van der Waals surface area contributed by atoms with E-state index in [1.165, 1.54) is 12.1 Å². The molecule has 3 aromatic rings. The van der Waals surface area contributed by atoms with Gasteiger partial charge in [-0.2, -0.15) is 13.2 Å². The van der Waals surface area contributed by atoms with E-state index in [1.807, 2.05) is 31.2 Å². The smallest absolute Gasteiger partial charge is 0.341 e. The van der Waals surface area contributed by atoms with E-state index in [2.05, 4.69) is 16.0 Å². The molecule has 3 N–H and O–H groups in total. The van der Waals surface area contributed by atoms with E-state index in [1.54, 1.807) is 19.2 Å². The fraction of sp³-hybridized carbons (Fsp3) is 0.231. The summed E-state index contributed by atoms with van der Waals surface area (Å²) >= 11 is 0. The molecule has 1 aliphatic rings. The average Bonchev–Trinajstić information content (AvgIpc) is 3.19. The SMILES string of the molecule is CNC(=O)NC1Cc2ccc(NC(=O)c3cc(C)ccc3-c3ccc(C(F)(F)F)cc3)cc2C1. The fourth-order valence-corrected chi connectivity index (χ4v) is 4.19. The van der Waals surface area contributed by atoms with Gasteiger partial charge in [0.1, 0.15) is 0 Å². The lowest BCUT2D eigenvalue weighted by Crippen LogP contribution is -2.40. The second kappa shape index (κ2) is 9.21. The van der Waals surface area contributed by atoms with E-state index in [9.17, 15) is 22.8 Å². The maximum atomic E-state index is 13.2. The van der Waals surface area contributed by atoms with Gasteiger partial charge in [0.15, 0.2) is 0 Å². The Hall–Kier alpha value is -3.81. The topological polar surface area (TPSA) is 70.2 Å². The van der Waals surface area contributed by atoms with Gasteiger partial charge in [-0.1, -0.05) is 35.9 Å². The molecule has 0 heterocycles. The molecule has 176 valence electrons. The van der Waals surface area contributed by atoms with E-state index in [0.29, 0.717) is 35.2 Å². The summed E-state index contributed by atoms with van der Waals surface area (Å²) in [5.74, 6) is -0.350. The molecule has 0 saturated carbocycles. The number of carbonyl (C=O) groups excluding carboxylic acids is 2. The van der Waals surface area contributed by atoms with E-state index in [0.717, 1.165) is 28.8 Å². The number of rotatable bonds is 4. The minimum absolute atomic E-state index is 0.0102. The monoisotopic (exact) mass is 467 g/mol. The number of alkyl halides is 3. The summed E-state index contributed by atoms with van der Waals surface area (Å²) in [7, 11) is 1.56. The molecule has 0 bridgehead atoms. The fourth-order valence-electron chi connectivity index (χ4n) is 4.19. The van der Waals surface area contributed by atoms with Crippen LogP contribution < -0.4 is 16.0 Å². The molecule has 1 unspecified atom stereocenters. The number of halogens is 3. The second-order valence-corrected chi connectivity index (χ2v) is 8.39. The third kappa shape index (κ3) is 5.06. The first-order valence-corrected chi connectivity index (χ1v) is 10.8. The van der Waals surface area contributed by atoms with Crippen molar-refractivity contribution in [2.45, 2.75) is 32.0 Å². The zero-order valence-corrected chi connectivity index (χ0v) is 18.7. The Bertz CT molecular complexity index is 1240. The molecule has 8 heteroatoms. The van der Waals surface area contributed by atoms with Crippen LogP contribution in [0.2, 0.25) is 0 Å². The molecular formula is C26H24F3N3O2. The van der Waals surface area contributed by atoms with Crippen molar-refractivity contribution in [1.29, 1.82) is 0 Å². The number of benzene rings is 3. The van der Waals surface area contributed by atoms with Crippen LogP contribution in [0.25, 0.3) is 11.1 Å². The van der Waals surface area contributed by atoms with Crippen LogP contribution in [0.3, 0.4) is 0 Å². The lowest BCUT2D eigenvalue weighted by Gasteiger charge is -2.13. The Morgan fingerprint density at radius 3 is 2.29 bits per heavy atom. The van der Waals surface area contributed by atoms with Gasteiger partial charge in [0.25, 0.3) is 5.91 Å². The first-order chi connectivity index (χ1) is 16.1. The molecule has 0 aliphatic heterocycles. The highest BCUT2D eigenvalue weighted by atomic mass is 19.4. The van der Waals surface area contributed by atoms with Crippen molar-refractivity contribution in [2.75, 3.05) is 12.4 Å². The summed E-state index contributed by atoms with van der Waals surface area (Å²) in [4.78, 5) is 24.8. The van der Waals surface area contributed by atoms with Crippen LogP contribution in [-0.2, 0) is 19.0 Å². The summed E-state index contributed by atoms with van der Waals surface area (Å²) in [6.07, 6.45) is -3.05. The van der Waals surface area contributed by atoms with Gasteiger partial charge in [0.2, 0.25) is 0 Å². The number of urea groups is 1. The zero-order chi connectivity index (χ0) is 24.5. The minimum atomic E-state index is -4.42. The highest BCUT2D eigenvalue weighted by Gasteiger charge is 2.30. The summed E-state index contributed by atoms with van der Waals surface area (Å²) in [5.41, 5.74) is 4.34. The van der Waals surface area contributed by atoms with Gasteiger partial charge in [-0.3, -0.25) is 4.79 Å². The van der Waals surface area contributed by atoms with Gasteiger partial charge in [-0.15, -0.1) is 0 Å². The molecule has 1 atom stereocenters. The highest BCUT2D eigenvalue weighted by molar-refractivity contribution is 6.09. The van der Waals surface area contributed by atoms with Crippen molar-refractivity contribution in [3.63, 3.8) is 0 Å². The Kier molecular flexibility index (Phi) is 6.32. The van der Waals surface area contributed by atoms with Crippen molar-refractivity contribution in [3.05, 3.63) is 88.5 Å². The average molecular weight is 467 g/mol. The molecule has 34 heavy (non-hydrogen) atoms. The van der Waals surface area contributed by atoms with Crippen molar-refractivity contribution >= 4 is 17.6 Å². The largest absolute Gasteiger partial charge is 0.416 e. The van der Waals surface area contributed by atoms with Gasteiger partial charge < -0.3 is 16.0 Å². The van der Waals surface area contributed by atoms with Gasteiger partial charge in [-0.25, -0.2) is 4.79 Å². The first-order valence-electron chi connectivity index (χ1n) is 10.8. The zero-order valence-electron chi connectivity index (χ0n) is 18.7. The van der Waals surface area contributed by atoms with Crippen molar-refractivity contribution in [2.24, 2.45) is 0 Å². The molecule has 0 aromatic heterocycles. The number of hydrogen-bond acceptors (Lipinski definition) is 2. The number of nitrogens with one attached hydrogen (secondary N) is 3. The number of aryl methyl sites for hydroxylation is 1. The molecule has 0 spiro atoms. The summed E-state index contributed by atoms with van der Waals surface area (Å²) in [6, 6.07) is 15.5. The number of carbonyl (C=O) groups is 2. The lowest BCUT2D eigenvalue weighted by atomic mass is 9.96. The van der Waals surface area contributed by atoms with Crippen LogP contribution in [0.5, 0.6) is 0 Å². The third-order valence-corrected chi connectivity index (χ3v) is 5.90. The molecular weight excluding hydrogens is 443 g/mol. The molecule has 0 fully saturated rings. The van der Waals surface area contributed by atoms with E-state index in [4.69, 9.17) is 0 Å². The van der Waals surface area contributed by atoms with Crippen LogP contribution in [0.15, 0.2) is 60.7 Å². The van der Waals surface area contributed by atoms with Crippen LogP contribution in [0, 0.1) is 6.92 Å². The first kappa shape index (κ1) is 23.4. The Morgan fingerprint density at radius 2 is 1.62 bits per heavy atom. The van der Waals surface area contributed by atoms with Gasteiger partial charge >= 0.3 is 12.2 Å². The summed E-state index contributed by atoms with van der Waals surface area (Å²) in [6.45, 7) is 1.85. The van der Waals surface area contributed by atoms with Crippen LogP contribution in [0.1, 0.15) is 32.6 Å². The summed E-state index contributed by atoms with van der Waals surface area (Å²) < 4.78 is 38.8. The quantitative estimate of drug-likeness (QED) is 0.486.